The monoisotopic (exact) mass is 381 g/mol. The molecule has 1 atom stereocenters. The number of ether oxygens (including phenoxy) is 5. The molecule has 1 fully saturated rings. The van der Waals surface area contributed by atoms with Crippen molar-refractivity contribution < 1.29 is 28.5 Å². The summed E-state index contributed by atoms with van der Waals surface area (Å²) in [6.07, 6.45) is 0.107. The Morgan fingerprint density at radius 1 is 1.26 bits per heavy atom. The highest BCUT2D eigenvalue weighted by Crippen LogP contribution is 2.36. The topological polar surface area (TPSA) is 66.5 Å². The molecule has 1 saturated heterocycles. The summed E-state index contributed by atoms with van der Waals surface area (Å²) in [5.41, 5.74) is -0.489. The average molecular weight is 381 g/mol. The highest BCUT2D eigenvalue weighted by molar-refractivity contribution is 5.70. The van der Waals surface area contributed by atoms with Gasteiger partial charge in [0.1, 0.15) is 22.8 Å². The Morgan fingerprint density at radius 3 is 2.52 bits per heavy atom. The Hall–Kier alpha value is -1.99. The van der Waals surface area contributed by atoms with E-state index in [-0.39, 0.29) is 12.8 Å². The second kappa shape index (κ2) is 8.35. The molecule has 1 aromatic rings. The third-order valence-corrected chi connectivity index (χ3v) is 4.25. The molecule has 27 heavy (non-hydrogen) atoms. The highest BCUT2D eigenvalue weighted by Gasteiger charge is 2.46. The van der Waals surface area contributed by atoms with Crippen molar-refractivity contribution in [3.8, 4) is 11.5 Å². The van der Waals surface area contributed by atoms with E-state index in [4.69, 9.17) is 23.7 Å². The molecule has 7 nitrogen and oxygen atoms in total. The number of carbonyl (C=O) groups is 1. The molecular formula is C20H31NO6. The lowest BCUT2D eigenvalue weighted by molar-refractivity contribution is -0.0624. The van der Waals surface area contributed by atoms with E-state index in [1.807, 2.05) is 52.8 Å². The molecule has 0 bridgehead atoms. The molecule has 0 unspecified atom stereocenters. The normalized spacial score (nSPS) is 19.1. The van der Waals surface area contributed by atoms with E-state index in [1.54, 1.807) is 19.1 Å². The van der Waals surface area contributed by atoms with Gasteiger partial charge in [0.15, 0.2) is 6.79 Å². The molecule has 0 spiro atoms. The van der Waals surface area contributed by atoms with Crippen LogP contribution in [0, 0.1) is 0 Å². The molecule has 1 aliphatic heterocycles. The first-order valence-corrected chi connectivity index (χ1v) is 9.03. The van der Waals surface area contributed by atoms with Gasteiger partial charge in [-0.25, -0.2) is 4.79 Å². The molecule has 1 amide bonds. The number of hydrogen-bond donors (Lipinski definition) is 0. The maximum atomic E-state index is 12.8. The van der Waals surface area contributed by atoms with Crippen molar-refractivity contribution in [2.45, 2.75) is 58.4 Å². The van der Waals surface area contributed by atoms with Gasteiger partial charge in [-0.2, -0.15) is 0 Å². The van der Waals surface area contributed by atoms with Crippen LogP contribution in [0.5, 0.6) is 11.5 Å². The van der Waals surface area contributed by atoms with Crippen molar-refractivity contribution >= 4 is 6.09 Å². The number of rotatable bonds is 6. The quantitative estimate of drug-likeness (QED) is 0.702. The first kappa shape index (κ1) is 21.3. The number of methoxy groups -OCH3 is 2. The van der Waals surface area contributed by atoms with Crippen LogP contribution in [0.4, 0.5) is 4.79 Å². The Morgan fingerprint density at radius 2 is 1.93 bits per heavy atom. The predicted molar refractivity (Wildman–Crippen MR) is 101 cm³/mol. The van der Waals surface area contributed by atoms with Crippen molar-refractivity contribution in [3.63, 3.8) is 0 Å². The van der Waals surface area contributed by atoms with Crippen molar-refractivity contribution in [1.82, 2.24) is 4.90 Å². The number of benzene rings is 1. The van der Waals surface area contributed by atoms with Gasteiger partial charge in [0, 0.05) is 19.1 Å². The van der Waals surface area contributed by atoms with Crippen LogP contribution in [0.15, 0.2) is 18.2 Å². The number of amides is 1. The summed E-state index contributed by atoms with van der Waals surface area (Å²) in [6, 6.07) is 5.37. The smallest absolute Gasteiger partial charge is 0.412 e. The van der Waals surface area contributed by atoms with Gasteiger partial charge in [0.25, 0.3) is 0 Å². The summed E-state index contributed by atoms with van der Waals surface area (Å²) < 4.78 is 27.7. The Kier molecular flexibility index (Phi) is 6.59. The van der Waals surface area contributed by atoms with Gasteiger partial charge >= 0.3 is 6.09 Å². The number of nitrogens with zero attached hydrogens (tertiary/aromatic N) is 1. The second-order valence-electron chi connectivity index (χ2n) is 7.95. The first-order valence-electron chi connectivity index (χ1n) is 9.03. The van der Waals surface area contributed by atoms with E-state index in [2.05, 4.69) is 0 Å². The Labute approximate surface area is 161 Å². The van der Waals surface area contributed by atoms with Crippen LogP contribution in [-0.4, -0.2) is 56.0 Å². The maximum absolute atomic E-state index is 12.8. The maximum Gasteiger partial charge on any atom is 0.412 e. The minimum atomic E-state index is -0.761. The molecule has 0 aromatic heterocycles. The zero-order valence-electron chi connectivity index (χ0n) is 17.3. The third kappa shape index (κ3) is 5.26. The highest BCUT2D eigenvalue weighted by atomic mass is 16.7. The molecule has 2 rings (SSSR count). The van der Waals surface area contributed by atoms with E-state index >= 15 is 0 Å². The van der Waals surface area contributed by atoms with Crippen LogP contribution < -0.4 is 9.47 Å². The first-order chi connectivity index (χ1) is 12.6. The van der Waals surface area contributed by atoms with Gasteiger partial charge in [0.05, 0.1) is 19.8 Å². The van der Waals surface area contributed by atoms with E-state index in [9.17, 15) is 4.79 Å². The van der Waals surface area contributed by atoms with Crippen LogP contribution in [-0.2, 0) is 20.6 Å². The molecule has 0 aliphatic carbocycles. The molecule has 7 heteroatoms. The fourth-order valence-corrected chi connectivity index (χ4v) is 3.15. The Balaban J connectivity index is 2.30. The summed E-state index contributed by atoms with van der Waals surface area (Å²) >= 11 is 0. The zero-order chi connectivity index (χ0) is 20.2. The number of hydrogen-bond acceptors (Lipinski definition) is 6. The van der Waals surface area contributed by atoms with Gasteiger partial charge in [-0.1, -0.05) is 6.07 Å². The summed E-state index contributed by atoms with van der Waals surface area (Å²) in [6.45, 7) is 9.79. The second-order valence-corrected chi connectivity index (χ2v) is 7.95. The van der Waals surface area contributed by atoms with E-state index in [1.165, 1.54) is 0 Å². The fourth-order valence-electron chi connectivity index (χ4n) is 3.15. The summed E-state index contributed by atoms with van der Waals surface area (Å²) in [5.74, 6) is 1.35. The minimum absolute atomic E-state index is 0.128. The summed E-state index contributed by atoms with van der Waals surface area (Å²) in [4.78, 5) is 14.5. The summed E-state index contributed by atoms with van der Waals surface area (Å²) in [7, 11) is 3.18. The van der Waals surface area contributed by atoms with E-state index < -0.39 is 17.4 Å². The lowest BCUT2D eigenvalue weighted by Crippen LogP contribution is -2.50. The van der Waals surface area contributed by atoms with Crippen molar-refractivity contribution in [2.75, 3.05) is 27.6 Å². The van der Waals surface area contributed by atoms with Crippen LogP contribution in [0.2, 0.25) is 0 Å². The van der Waals surface area contributed by atoms with E-state index in [0.29, 0.717) is 24.5 Å². The van der Waals surface area contributed by atoms with Gasteiger partial charge in [-0.05, 0) is 46.8 Å². The average Bonchev–Trinajstić information content (AvgIpc) is 2.86. The summed E-state index contributed by atoms with van der Waals surface area (Å²) in [5, 5.41) is 0. The molecule has 0 saturated carbocycles. The molecule has 152 valence electrons. The molecule has 0 N–H and O–H groups in total. The SMILES string of the molecule is COCOc1cccc(OC)c1C[C@@H]1COC(C)(C)N1C(=O)OC(C)(C)C. The standard InChI is InChI=1S/C20H31NO6/c1-19(2,3)27-18(22)21-14(12-26-20(21,4)5)11-15-16(24-7)9-8-10-17(15)25-13-23-6/h8-10,14H,11-13H2,1-7H3/t14-/m1/s1. The molecule has 1 aliphatic rings. The number of carbonyl (C=O) groups excluding carboxylic acids is 1. The third-order valence-electron chi connectivity index (χ3n) is 4.25. The van der Waals surface area contributed by atoms with E-state index in [0.717, 1.165) is 5.56 Å². The van der Waals surface area contributed by atoms with Gasteiger partial charge in [-0.3, -0.25) is 4.90 Å². The molecule has 1 heterocycles. The van der Waals surface area contributed by atoms with Crippen LogP contribution in [0.1, 0.15) is 40.2 Å². The van der Waals surface area contributed by atoms with Crippen LogP contribution in [0.3, 0.4) is 0 Å². The van der Waals surface area contributed by atoms with Gasteiger partial charge in [-0.15, -0.1) is 0 Å². The predicted octanol–water partition coefficient (Wildman–Crippen LogP) is 3.59. The molecule has 1 aromatic carbocycles. The van der Waals surface area contributed by atoms with Crippen LogP contribution in [0.25, 0.3) is 0 Å². The minimum Gasteiger partial charge on any atom is -0.496 e. The Bertz CT molecular complexity index is 652. The van der Waals surface area contributed by atoms with Crippen molar-refractivity contribution in [2.24, 2.45) is 0 Å². The fraction of sp³-hybridized carbons (Fsp3) is 0.650. The molecule has 0 radical (unpaired) electrons. The zero-order valence-corrected chi connectivity index (χ0v) is 17.3. The van der Waals surface area contributed by atoms with Gasteiger partial charge in [0.2, 0.25) is 0 Å². The molecular weight excluding hydrogens is 350 g/mol. The lowest BCUT2D eigenvalue weighted by Gasteiger charge is -2.35. The van der Waals surface area contributed by atoms with Crippen molar-refractivity contribution in [3.05, 3.63) is 23.8 Å². The van der Waals surface area contributed by atoms with Crippen LogP contribution >= 0.6 is 0 Å². The lowest BCUT2D eigenvalue weighted by atomic mass is 10.0. The van der Waals surface area contributed by atoms with Crippen molar-refractivity contribution in [1.29, 1.82) is 0 Å². The van der Waals surface area contributed by atoms with Gasteiger partial charge < -0.3 is 23.7 Å². The largest absolute Gasteiger partial charge is 0.496 e.